The number of fused-ring (bicyclic) bond motifs is 1. The number of carbonyl (C=O) groups excluding carboxylic acids is 1. The van der Waals surface area contributed by atoms with Crippen LogP contribution in [0.1, 0.15) is 21.3 Å². The quantitative estimate of drug-likeness (QED) is 0.916. The van der Waals surface area contributed by atoms with Gasteiger partial charge in [0.2, 0.25) is 5.56 Å². The molecule has 0 aromatic carbocycles. The van der Waals surface area contributed by atoms with E-state index in [2.05, 4.69) is 9.97 Å². The molecule has 0 spiro atoms. The summed E-state index contributed by atoms with van der Waals surface area (Å²) in [4.78, 5) is 32.6. The van der Waals surface area contributed by atoms with Crippen molar-refractivity contribution in [2.45, 2.75) is 5.37 Å². The molecule has 5 nitrogen and oxygen atoms in total. The molecule has 0 aliphatic carbocycles. The summed E-state index contributed by atoms with van der Waals surface area (Å²) < 4.78 is 0. The Balaban J connectivity index is 2.31. The maximum absolute atomic E-state index is 12.2. The molecule has 0 saturated carbocycles. The van der Waals surface area contributed by atoms with Gasteiger partial charge in [-0.2, -0.15) is 0 Å². The van der Waals surface area contributed by atoms with E-state index in [-0.39, 0.29) is 16.8 Å². The van der Waals surface area contributed by atoms with E-state index in [9.17, 15) is 9.59 Å². The first kappa shape index (κ1) is 12.9. The molecule has 3 heterocycles. The van der Waals surface area contributed by atoms with Gasteiger partial charge < -0.3 is 9.88 Å². The topological polar surface area (TPSA) is 66.1 Å². The molecule has 1 aliphatic heterocycles. The number of amides is 1. The van der Waals surface area contributed by atoms with E-state index < -0.39 is 0 Å². The summed E-state index contributed by atoms with van der Waals surface area (Å²) in [5.41, 5.74) is 2.65. The Kier molecular flexibility index (Phi) is 3.10. The zero-order valence-electron chi connectivity index (χ0n) is 11.1. The number of H-pyrrole nitrogens is 1. The van der Waals surface area contributed by atoms with Crippen molar-refractivity contribution in [3.63, 3.8) is 0 Å². The molecule has 1 N–H and O–H groups in total. The third kappa shape index (κ3) is 1.84. The van der Waals surface area contributed by atoms with Crippen LogP contribution in [0.25, 0.3) is 11.3 Å². The molecule has 0 fully saturated rings. The van der Waals surface area contributed by atoms with Crippen LogP contribution in [0.15, 0.2) is 35.4 Å². The van der Waals surface area contributed by atoms with E-state index in [4.69, 9.17) is 0 Å². The molecule has 1 atom stereocenters. The number of thioether (sulfide) groups is 1. The zero-order chi connectivity index (χ0) is 14.3. The Hall–Kier alpha value is -2.08. The summed E-state index contributed by atoms with van der Waals surface area (Å²) >= 11 is 1.57. The van der Waals surface area contributed by atoms with Gasteiger partial charge in [-0.3, -0.25) is 14.6 Å². The van der Waals surface area contributed by atoms with E-state index in [1.165, 1.54) is 6.07 Å². The lowest BCUT2D eigenvalue weighted by Gasteiger charge is -2.19. The highest BCUT2D eigenvalue weighted by atomic mass is 32.2. The van der Waals surface area contributed by atoms with Gasteiger partial charge in [-0.1, -0.05) is 0 Å². The number of aromatic amines is 1. The molecule has 2 aromatic rings. The van der Waals surface area contributed by atoms with Crippen LogP contribution >= 0.6 is 11.8 Å². The largest absolute Gasteiger partial charge is 0.325 e. The summed E-state index contributed by atoms with van der Waals surface area (Å²) in [7, 11) is 1.75. The lowest BCUT2D eigenvalue weighted by molar-refractivity contribution is 0.0813. The summed E-state index contributed by atoms with van der Waals surface area (Å²) in [6.45, 7) is 0. The lowest BCUT2D eigenvalue weighted by Crippen LogP contribution is -2.21. The number of nitrogens with zero attached hydrogens (tertiary/aromatic N) is 2. The van der Waals surface area contributed by atoms with Gasteiger partial charge in [-0.05, 0) is 18.4 Å². The number of rotatable bonds is 2. The lowest BCUT2D eigenvalue weighted by atomic mass is 10.0. The molecule has 1 aliphatic rings. The second-order valence-corrected chi connectivity index (χ2v) is 5.49. The predicted molar refractivity (Wildman–Crippen MR) is 78.6 cm³/mol. The maximum Gasteiger partial charge on any atom is 0.255 e. The minimum atomic E-state index is -0.265. The Labute approximate surface area is 120 Å². The molecular formula is C14H13N3O2S. The van der Waals surface area contributed by atoms with Crippen molar-refractivity contribution in [2.24, 2.45) is 0 Å². The van der Waals surface area contributed by atoms with Gasteiger partial charge in [0.05, 0.1) is 11.3 Å². The highest BCUT2D eigenvalue weighted by Gasteiger charge is 2.36. The molecule has 3 rings (SSSR count). The normalized spacial score (nSPS) is 17.4. The minimum absolute atomic E-state index is 0.0856. The Bertz CT molecular complexity index is 727. The first-order chi connectivity index (χ1) is 9.63. The number of pyridine rings is 2. The zero-order valence-corrected chi connectivity index (χ0v) is 11.9. The molecule has 2 aromatic heterocycles. The van der Waals surface area contributed by atoms with Crippen LogP contribution < -0.4 is 5.56 Å². The van der Waals surface area contributed by atoms with E-state index in [1.54, 1.807) is 36.1 Å². The van der Waals surface area contributed by atoms with Crippen LogP contribution in [0.4, 0.5) is 0 Å². The number of aromatic nitrogens is 2. The minimum Gasteiger partial charge on any atom is -0.325 e. The Morgan fingerprint density at radius 3 is 2.65 bits per heavy atom. The fourth-order valence-corrected chi connectivity index (χ4v) is 3.41. The van der Waals surface area contributed by atoms with E-state index in [0.717, 1.165) is 11.1 Å². The first-order valence-corrected chi connectivity index (χ1v) is 7.40. The number of hydrogen-bond acceptors (Lipinski definition) is 4. The SMILES string of the molecule is CS[C@H]1c2c(cc(=O)[nH]c2-c2ccncc2)C(=O)N1C. The van der Waals surface area contributed by atoms with Crippen LogP contribution in [-0.4, -0.2) is 34.1 Å². The molecule has 0 radical (unpaired) electrons. The summed E-state index contributed by atoms with van der Waals surface area (Å²) in [5.74, 6) is -0.110. The van der Waals surface area contributed by atoms with Crippen LogP contribution in [0.3, 0.4) is 0 Å². The van der Waals surface area contributed by atoms with Gasteiger partial charge in [0.1, 0.15) is 5.37 Å². The second kappa shape index (κ2) is 4.79. The summed E-state index contributed by atoms with van der Waals surface area (Å²) in [5, 5.41) is -0.0856. The predicted octanol–water partition coefficient (Wildman–Crippen LogP) is 1.88. The van der Waals surface area contributed by atoms with Crippen molar-refractivity contribution in [1.29, 1.82) is 0 Å². The monoisotopic (exact) mass is 287 g/mol. The first-order valence-electron chi connectivity index (χ1n) is 6.11. The highest BCUT2D eigenvalue weighted by Crippen LogP contribution is 2.42. The second-order valence-electron chi connectivity index (χ2n) is 4.58. The number of nitrogens with one attached hydrogen (secondary N) is 1. The molecule has 0 bridgehead atoms. The Morgan fingerprint density at radius 1 is 1.30 bits per heavy atom. The van der Waals surface area contributed by atoms with Crippen LogP contribution in [0.2, 0.25) is 0 Å². The van der Waals surface area contributed by atoms with Crippen molar-refractivity contribution >= 4 is 17.7 Å². The molecule has 0 unspecified atom stereocenters. The van der Waals surface area contributed by atoms with Gasteiger partial charge in [0.25, 0.3) is 5.91 Å². The summed E-state index contributed by atoms with van der Waals surface area (Å²) in [6.07, 6.45) is 5.29. The number of carbonyl (C=O) groups is 1. The Morgan fingerprint density at radius 2 is 2.00 bits per heavy atom. The van der Waals surface area contributed by atoms with Crippen molar-refractivity contribution < 1.29 is 4.79 Å². The van der Waals surface area contributed by atoms with Crippen molar-refractivity contribution in [3.8, 4) is 11.3 Å². The van der Waals surface area contributed by atoms with Gasteiger partial charge >= 0.3 is 0 Å². The van der Waals surface area contributed by atoms with E-state index >= 15 is 0 Å². The molecule has 20 heavy (non-hydrogen) atoms. The van der Waals surface area contributed by atoms with Gasteiger partial charge in [-0.25, -0.2) is 0 Å². The molecule has 0 saturated heterocycles. The van der Waals surface area contributed by atoms with Crippen LogP contribution in [0.5, 0.6) is 0 Å². The van der Waals surface area contributed by atoms with Gasteiger partial charge in [-0.15, -0.1) is 11.8 Å². The summed E-state index contributed by atoms with van der Waals surface area (Å²) in [6, 6.07) is 5.03. The van der Waals surface area contributed by atoms with Gasteiger partial charge in [0.15, 0.2) is 0 Å². The third-order valence-corrected chi connectivity index (χ3v) is 4.42. The van der Waals surface area contributed by atoms with Crippen molar-refractivity contribution in [2.75, 3.05) is 13.3 Å². The maximum atomic E-state index is 12.2. The smallest absolute Gasteiger partial charge is 0.255 e. The molecule has 1 amide bonds. The molecule has 6 heteroatoms. The fourth-order valence-electron chi connectivity index (χ4n) is 2.52. The average molecular weight is 287 g/mol. The molecular weight excluding hydrogens is 274 g/mol. The van der Waals surface area contributed by atoms with Gasteiger partial charge in [0, 0.05) is 36.6 Å². The van der Waals surface area contributed by atoms with Crippen molar-refractivity contribution in [1.82, 2.24) is 14.9 Å². The van der Waals surface area contributed by atoms with Crippen LogP contribution in [0, 0.1) is 0 Å². The highest BCUT2D eigenvalue weighted by molar-refractivity contribution is 7.98. The van der Waals surface area contributed by atoms with E-state index in [0.29, 0.717) is 11.3 Å². The van der Waals surface area contributed by atoms with E-state index in [1.807, 2.05) is 18.4 Å². The standard InChI is InChI=1S/C14H13N3O2S/c1-17-13(19)9-7-10(18)16-12(11(9)14(17)20-2)8-3-5-15-6-4-8/h3-7,14H,1-2H3,(H,16,18)/t14-/m0/s1. The molecule has 102 valence electrons. The van der Waals surface area contributed by atoms with Crippen LogP contribution in [-0.2, 0) is 0 Å². The average Bonchev–Trinajstić information content (AvgIpc) is 2.71. The third-order valence-electron chi connectivity index (χ3n) is 3.42. The van der Waals surface area contributed by atoms with Crippen molar-refractivity contribution in [3.05, 3.63) is 52.1 Å². The fraction of sp³-hybridized carbons (Fsp3) is 0.214. The number of hydrogen-bond donors (Lipinski definition) is 1.